The van der Waals surface area contributed by atoms with E-state index in [2.05, 4.69) is 0 Å². The number of hydrogen-bond acceptors (Lipinski definition) is 3. The highest BCUT2D eigenvalue weighted by atomic mass is 16.2. The topological polar surface area (TPSA) is 54.5 Å². The minimum Gasteiger partial charge on any atom is -0.332 e. The fourth-order valence-corrected chi connectivity index (χ4v) is 1.48. The fraction of sp³-hybridized carbons (Fsp3) is 0.667. The van der Waals surface area contributed by atoms with E-state index in [1.807, 2.05) is 13.8 Å². The molecule has 1 amide bonds. The molecule has 0 aliphatic carbocycles. The van der Waals surface area contributed by atoms with Gasteiger partial charge in [0.05, 0.1) is 6.54 Å². The lowest BCUT2D eigenvalue weighted by Crippen LogP contribution is -2.34. The zero-order valence-electron chi connectivity index (χ0n) is 8.03. The number of likely N-dealkylation sites (tertiary alicyclic amines) is 1. The molecule has 1 rings (SSSR count). The maximum Gasteiger partial charge on any atom is 0.241 e. The Hall–Kier alpha value is -1.19. The van der Waals surface area contributed by atoms with Gasteiger partial charge in [-0.2, -0.15) is 0 Å². The zero-order valence-corrected chi connectivity index (χ0v) is 8.03. The molecule has 4 heteroatoms. The summed E-state index contributed by atoms with van der Waals surface area (Å²) in [5.41, 5.74) is 0. The van der Waals surface area contributed by atoms with Crippen LogP contribution >= 0.6 is 0 Å². The maximum absolute atomic E-state index is 11.5. The van der Waals surface area contributed by atoms with Gasteiger partial charge < -0.3 is 4.90 Å². The van der Waals surface area contributed by atoms with E-state index in [-0.39, 0.29) is 30.1 Å². The largest absolute Gasteiger partial charge is 0.332 e. The molecule has 1 saturated heterocycles. The van der Waals surface area contributed by atoms with Crippen molar-refractivity contribution in [2.24, 2.45) is 5.92 Å². The second-order valence-corrected chi connectivity index (χ2v) is 3.57. The summed E-state index contributed by atoms with van der Waals surface area (Å²) >= 11 is 0. The highest BCUT2D eigenvalue weighted by molar-refractivity contribution is 6.22. The van der Waals surface area contributed by atoms with Crippen LogP contribution in [0.1, 0.15) is 20.8 Å². The molecule has 0 aromatic rings. The van der Waals surface area contributed by atoms with Gasteiger partial charge in [0.1, 0.15) is 5.78 Å². The summed E-state index contributed by atoms with van der Waals surface area (Å²) < 4.78 is 0. The van der Waals surface area contributed by atoms with Gasteiger partial charge in [-0.15, -0.1) is 0 Å². The Morgan fingerprint density at radius 3 is 2.23 bits per heavy atom. The lowest BCUT2D eigenvalue weighted by molar-refractivity contribution is -0.138. The number of amides is 1. The first-order valence-electron chi connectivity index (χ1n) is 4.28. The molecular weight excluding hydrogens is 170 g/mol. The van der Waals surface area contributed by atoms with Gasteiger partial charge in [0.2, 0.25) is 5.91 Å². The van der Waals surface area contributed by atoms with Gasteiger partial charge in [-0.25, -0.2) is 0 Å². The van der Waals surface area contributed by atoms with Crippen molar-refractivity contribution in [2.45, 2.75) is 26.8 Å². The first kappa shape index (κ1) is 9.89. The summed E-state index contributed by atoms with van der Waals surface area (Å²) in [7, 11) is 0. The number of hydrogen-bond donors (Lipinski definition) is 0. The summed E-state index contributed by atoms with van der Waals surface area (Å²) in [6.07, 6.45) is 0. The van der Waals surface area contributed by atoms with Gasteiger partial charge in [-0.05, 0) is 20.8 Å². The first-order chi connectivity index (χ1) is 5.95. The molecule has 1 heterocycles. The van der Waals surface area contributed by atoms with E-state index in [0.29, 0.717) is 0 Å². The second-order valence-electron chi connectivity index (χ2n) is 3.57. The van der Waals surface area contributed by atoms with E-state index in [1.165, 1.54) is 11.8 Å². The van der Waals surface area contributed by atoms with Crippen molar-refractivity contribution in [1.29, 1.82) is 0 Å². The van der Waals surface area contributed by atoms with Crippen molar-refractivity contribution >= 4 is 17.5 Å². The maximum atomic E-state index is 11.5. The molecule has 0 bridgehead atoms. The molecule has 0 N–H and O–H groups in total. The molecule has 1 atom stereocenters. The SMILES string of the molecule is CC(=O)C1C(=O)CN(C(C)C)C1=O. The number of ketones is 2. The molecule has 1 unspecified atom stereocenters. The predicted octanol–water partition coefficient (Wildman–Crippen LogP) is 0.0113. The van der Waals surface area contributed by atoms with Crippen LogP contribution in [0.4, 0.5) is 0 Å². The number of Topliss-reactive ketones (excluding diaryl/α,β-unsaturated/α-hetero) is 2. The van der Waals surface area contributed by atoms with Crippen molar-refractivity contribution in [3.63, 3.8) is 0 Å². The molecule has 1 aliphatic rings. The summed E-state index contributed by atoms with van der Waals surface area (Å²) in [4.78, 5) is 35.1. The van der Waals surface area contributed by atoms with Gasteiger partial charge in [0, 0.05) is 6.04 Å². The first-order valence-corrected chi connectivity index (χ1v) is 4.28. The molecule has 0 aromatic heterocycles. The lowest BCUT2D eigenvalue weighted by Gasteiger charge is -2.19. The van der Waals surface area contributed by atoms with E-state index < -0.39 is 5.92 Å². The van der Waals surface area contributed by atoms with Crippen LogP contribution in [0.25, 0.3) is 0 Å². The van der Waals surface area contributed by atoms with Gasteiger partial charge in [-0.1, -0.05) is 0 Å². The Bertz CT molecular complexity index is 270. The average Bonchev–Trinajstić information content (AvgIpc) is 2.26. The smallest absolute Gasteiger partial charge is 0.241 e. The van der Waals surface area contributed by atoms with Gasteiger partial charge >= 0.3 is 0 Å². The number of rotatable bonds is 2. The van der Waals surface area contributed by atoms with Crippen molar-refractivity contribution < 1.29 is 14.4 Å². The van der Waals surface area contributed by atoms with Crippen LogP contribution in [-0.2, 0) is 14.4 Å². The number of carbonyl (C=O) groups is 3. The van der Waals surface area contributed by atoms with Crippen LogP contribution in [0.2, 0.25) is 0 Å². The molecular formula is C9H13NO3. The van der Waals surface area contributed by atoms with Crippen LogP contribution in [0, 0.1) is 5.92 Å². The summed E-state index contributed by atoms with van der Waals surface area (Å²) in [6.45, 7) is 5.02. The Morgan fingerprint density at radius 2 is 2.00 bits per heavy atom. The molecule has 1 fully saturated rings. The lowest BCUT2D eigenvalue weighted by atomic mass is 10.0. The molecule has 4 nitrogen and oxygen atoms in total. The molecule has 0 aromatic carbocycles. The van der Waals surface area contributed by atoms with Crippen LogP contribution in [0.5, 0.6) is 0 Å². The normalized spacial score (nSPS) is 23.1. The third kappa shape index (κ3) is 1.61. The fourth-order valence-electron chi connectivity index (χ4n) is 1.48. The molecule has 72 valence electrons. The third-order valence-corrected chi connectivity index (χ3v) is 2.21. The van der Waals surface area contributed by atoms with E-state index >= 15 is 0 Å². The van der Waals surface area contributed by atoms with E-state index in [0.717, 1.165) is 0 Å². The van der Waals surface area contributed by atoms with Crippen molar-refractivity contribution in [2.75, 3.05) is 6.54 Å². The molecule has 13 heavy (non-hydrogen) atoms. The Balaban J connectivity index is 2.88. The van der Waals surface area contributed by atoms with Crippen molar-refractivity contribution in [1.82, 2.24) is 4.90 Å². The molecule has 1 aliphatic heterocycles. The molecule has 0 radical (unpaired) electrons. The minimum absolute atomic E-state index is 0.0131. The average molecular weight is 183 g/mol. The van der Waals surface area contributed by atoms with Crippen LogP contribution in [0.3, 0.4) is 0 Å². The monoisotopic (exact) mass is 183 g/mol. The quantitative estimate of drug-likeness (QED) is 0.567. The molecule has 0 saturated carbocycles. The van der Waals surface area contributed by atoms with Crippen molar-refractivity contribution in [3.8, 4) is 0 Å². The van der Waals surface area contributed by atoms with Gasteiger partial charge in [0.15, 0.2) is 11.7 Å². The standard InChI is InChI=1S/C9H13NO3/c1-5(2)10-4-7(12)8(6(3)11)9(10)13/h5,8H,4H2,1-3H3. The Labute approximate surface area is 76.9 Å². The van der Waals surface area contributed by atoms with E-state index in [9.17, 15) is 14.4 Å². The Morgan fingerprint density at radius 1 is 1.46 bits per heavy atom. The number of nitrogens with zero attached hydrogens (tertiary/aromatic N) is 1. The predicted molar refractivity (Wildman–Crippen MR) is 46.0 cm³/mol. The van der Waals surface area contributed by atoms with Crippen LogP contribution in [0.15, 0.2) is 0 Å². The Kier molecular flexibility index (Phi) is 2.50. The highest BCUT2D eigenvalue weighted by Gasteiger charge is 2.42. The minimum atomic E-state index is -1.03. The van der Waals surface area contributed by atoms with Gasteiger partial charge in [-0.3, -0.25) is 14.4 Å². The highest BCUT2D eigenvalue weighted by Crippen LogP contribution is 2.17. The third-order valence-electron chi connectivity index (χ3n) is 2.21. The van der Waals surface area contributed by atoms with E-state index in [4.69, 9.17) is 0 Å². The summed E-state index contributed by atoms with van der Waals surface area (Å²) in [6, 6.07) is -0.0131. The number of carbonyl (C=O) groups excluding carboxylic acids is 3. The van der Waals surface area contributed by atoms with Gasteiger partial charge in [0.25, 0.3) is 0 Å². The zero-order chi connectivity index (χ0) is 10.2. The second kappa shape index (κ2) is 3.28. The summed E-state index contributed by atoms with van der Waals surface area (Å²) in [5.74, 6) is -1.99. The summed E-state index contributed by atoms with van der Waals surface area (Å²) in [5, 5.41) is 0. The van der Waals surface area contributed by atoms with Crippen LogP contribution in [-0.4, -0.2) is 35.0 Å². The van der Waals surface area contributed by atoms with E-state index in [1.54, 1.807) is 0 Å². The van der Waals surface area contributed by atoms with Crippen molar-refractivity contribution in [3.05, 3.63) is 0 Å². The molecule has 0 spiro atoms. The van der Waals surface area contributed by atoms with Crippen LogP contribution < -0.4 is 0 Å².